The summed E-state index contributed by atoms with van der Waals surface area (Å²) in [7, 11) is 0. The van der Waals surface area contributed by atoms with Gasteiger partial charge < -0.3 is 10.8 Å². The van der Waals surface area contributed by atoms with Gasteiger partial charge in [-0.3, -0.25) is 0 Å². The van der Waals surface area contributed by atoms with Crippen molar-refractivity contribution in [1.29, 1.82) is 0 Å². The van der Waals surface area contributed by atoms with Crippen molar-refractivity contribution >= 4 is 0 Å². The second-order valence-electron chi connectivity index (χ2n) is 6.73. The first-order valence-electron chi connectivity index (χ1n) is 7.40. The van der Waals surface area contributed by atoms with E-state index in [-0.39, 0.29) is 17.4 Å². The average Bonchev–Trinajstić information content (AvgIpc) is 2.72. The molecule has 0 heterocycles. The SMILES string of the molecule is Cc1ccc(C(CN)C(O)C2CCCC2(C)C)cc1. The van der Waals surface area contributed by atoms with E-state index in [2.05, 4.69) is 45.0 Å². The van der Waals surface area contributed by atoms with Crippen LogP contribution in [0.15, 0.2) is 24.3 Å². The van der Waals surface area contributed by atoms with Crippen LogP contribution >= 0.6 is 0 Å². The summed E-state index contributed by atoms with van der Waals surface area (Å²) in [5, 5.41) is 10.8. The van der Waals surface area contributed by atoms with Crippen molar-refractivity contribution in [2.24, 2.45) is 17.1 Å². The molecule has 0 aliphatic heterocycles. The summed E-state index contributed by atoms with van der Waals surface area (Å²) in [6.45, 7) is 7.14. The molecule has 1 aromatic carbocycles. The molecular formula is C17H27NO. The predicted molar refractivity (Wildman–Crippen MR) is 80.1 cm³/mol. The van der Waals surface area contributed by atoms with Crippen molar-refractivity contribution in [2.75, 3.05) is 6.54 Å². The normalized spacial score (nSPS) is 25.2. The molecule has 1 aliphatic carbocycles. The van der Waals surface area contributed by atoms with E-state index in [9.17, 15) is 5.11 Å². The zero-order valence-corrected chi connectivity index (χ0v) is 12.4. The minimum Gasteiger partial charge on any atom is -0.392 e. The molecule has 0 aromatic heterocycles. The molecule has 2 rings (SSSR count). The van der Waals surface area contributed by atoms with E-state index in [0.717, 1.165) is 6.42 Å². The molecule has 2 nitrogen and oxygen atoms in total. The summed E-state index contributed by atoms with van der Waals surface area (Å²) >= 11 is 0. The number of benzene rings is 1. The molecule has 0 radical (unpaired) electrons. The molecule has 3 atom stereocenters. The summed E-state index contributed by atoms with van der Waals surface area (Å²) in [6.07, 6.45) is 3.22. The maximum absolute atomic E-state index is 10.8. The molecule has 1 aromatic rings. The smallest absolute Gasteiger partial charge is 0.0654 e. The van der Waals surface area contributed by atoms with Crippen molar-refractivity contribution in [3.05, 3.63) is 35.4 Å². The number of hydrogen-bond acceptors (Lipinski definition) is 2. The van der Waals surface area contributed by atoms with E-state index in [4.69, 9.17) is 5.73 Å². The summed E-state index contributed by atoms with van der Waals surface area (Å²) in [4.78, 5) is 0. The average molecular weight is 261 g/mol. The number of aryl methyl sites for hydroxylation is 1. The first-order valence-corrected chi connectivity index (χ1v) is 7.40. The van der Waals surface area contributed by atoms with Gasteiger partial charge in [-0.2, -0.15) is 0 Å². The van der Waals surface area contributed by atoms with Crippen LogP contribution in [0.3, 0.4) is 0 Å². The third kappa shape index (κ3) is 3.01. The molecular weight excluding hydrogens is 234 g/mol. The fourth-order valence-electron chi connectivity index (χ4n) is 3.55. The van der Waals surface area contributed by atoms with Crippen LogP contribution in [0.2, 0.25) is 0 Å². The monoisotopic (exact) mass is 261 g/mol. The number of aliphatic hydroxyl groups excluding tert-OH is 1. The molecule has 1 aliphatic rings. The van der Waals surface area contributed by atoms with E-state index in [1.807, 2.05) is 0 Å². The highest BCUT2D eigenvalue weighted by molar-refractivity contribution is 5.26. The maximum atomic E-state index is 10.8. The molecule has 1 saturated carbocycles. The summed E-state index contributed by atoms with van der Waals surface area (Å²) < 4.78 is 0. The van der Waals surface area contributed by atoms with Crippen molar-refractivity contribution in [2.45, 2.75) is 52.1 Å². The number of hydrogen-bond donors (Lipinski definition) is 2. The van der Waals surface area contributed by atoms with Crippen LogP contribution in [0.5, 0.6) is 0 Å². The van der Waals surface area contributed by atoms with Crippen molar-refractivity contribution < 1.29 is 5.11 Å². The van der Waals surface area contributed by atoms with Crippen molar-refractivity contribution in [3.8, 4) is 0 Å². The van der Waals surface area contributed by atoms with Gasteiger partial charge in [0.1, 0.15) is 0 Å². The van der Waals surface area contributed by atoms with Gasteiger partial charge in [-0.05, 0) is 36.7 Å². The Morgan fingerprint density at radius 2 is 1.95 bits per heavy atom. The molecule has 19 heavy (non-hydrogen) atoms. The highest BCUT2D eigenvalue weighted by atomic mass is 16.3. The molecule has 0 saturated heterocycles. The Morgan fingerprint density at radius 1 is 1.32 bits per heavy atom. The van der Waals surface area contributed by atoms with E-state index in [0.29, 0.717) is 12.5 Å². The van der Waals surface area contributed by atoms with E-state index in [1.165, 1.54) is 24.0 Å². The predicted octanol–water partition coefficient (Wildman–Crippen LogP) is 3.22. The van der Waals surface area contributed by atoms with Crippen molar-refractivity contribution in [3.63, 3.8) is 0 Å². The van der Waals surface area contributed by atoms with Gasteiger partial charge in [0, 0.05) is 12.5 Å². The lowest BCUT2D eigenvalue weighted by atomic mass is 9.73. The van der Waals surface area contributed by atoms with Crippen LogP contribution < -0.4 is 5.73 Å². The van der Waals surface area contributed by atoms with Gasteiger partial charge in [-0.1, -0.05) is 50.1 Å². The Balaban J connectivity index is 2.19. The molecule has 3 N–H and O–H groups in total. The lowest BCUT2D eigenvalue weighted by Crippen LogP contribution is -2.37. The third-order valence-corrected chi connectivity index (χ3v) is 4.92. The standard InChI is InChI=1S/C17H27NO/c1-12-6-8-13(9-7-12)14(11-18)16(19)15-5-4-10-17(15,2)3/h6-9,14-16,19H,4-5,10-11,18H2,1-3H3. The Bertz CT molecular complexity index is 410. The van der Waals surface area contributed by atoms with Gasteiger partial charge in [0.25, 0.3) is 0 Å². The Hall–Kier alpha value is -0.860. The van der Waals surface area contributed by atoms with Crippen LogP contribution in [0.1, 0.15) is 50.2 Å². The lowest BCUT2D eigenvalue weighted by Gasteiger charge is -2.35. The van der Waals surface area contributed by atoms with Gasteiger partial charge in [0.05, 0.1) is 6.10 Å². The first-order chi connectivity index (χ1) is 8.95. The van der Waals surface area contributed by atoms with E-state index >= 15 is 0 Å². The molecule has 0 bridgehead atoms. The van der Waals surface area contributed by atoms with Gasteiger partial charge in [-0.15, -0.1) is 0 Å². The van der Waals surface area contributed by atoms with Crippen LogP contribution in [-0.4, -0.2) is 17.8 Å². The third-order valence-electron chi connectivity index (χ3n) is 4.92. The highest BCUT2D eigenvalue weighted by Crippen LogP contribution is 2.46. The highest BCUT2D eigenvalue weighted by Gasteiger charge is 2.41. The summed E-state index contributed by atoms with van der Waals surface area (Å²) in [6, 6.07) is 8.42. The molecule has 0 spiro atoms. The second-order valence-corrected chi connectivity index (χ2v) is 6.73. The van der Waals surface area contributed by atoms with Crippen LogP contribution in [-0.2, 0) is 0 Å². The first kappa shape index (κ1) is 14.5. The topological polar surface area (TPSA) is 46.2 Å². The molecule has 2 heteroatoms. The fraction of sp³-hybridized carbons (Fsp3) is 0.647. The molecule has 0 amide bonds. The maximum Gasteiger partial charge on any atom is 0.0654 e. The number of rotatable bonds is 4. The Labute approximate surface area is 117 Å². The fourth-order valence-corrected chi connectivity index (χ4v) is 3.55. The van der Waals surface area contributed by atoms with Gasteiger partial charge in [-0.25, -0.2) is 0 Å². The summed E-state index contributed by atoms with van der Waals surface area (Å²) in [5.41, 5.74) is 8.59. The molecule has 1 fully saturated rings. The number of nitrogens with two attached hydrogens (primary N) is 1. The van der Waals surface area contributed by atoms with Gasteiger partial charge in [0.2, 0.25) is 0 Å². The summed E-state index contributed by atoms with van der Waals surface area (Å²) in [5.74, 6) is 0.422. The van der Waals surface area contributed by atoms with E-state index in [1.54, 1.807) is 0 Å². The quantitative estimate of drug-likeness (QED) is 0.874. The van der Waals surface area contributed by atoms with Crippen LogP contribution in [0.25, 0.3) is 0 Å². The van der Waals surface area contributed by atoms with Gasteiger partial charge >= 0.3 is 0 Å². The Kier molecular flexibility index (Phi) is 4.32. The van der Waals surface area contributed by atoms with E-state index < -0.39 is 0 Å². The second kappa shape index (κ2) is 5.64. The zero-order valence-electron chi connectivity index (χ0n) is 12.4. The van der Waals surface area contributed by atoms with Gasteiger partial charge in [0.15, 0.2) is 0 Å². The number of aliphatic hydroxyl groups is 1. The van der Waals surface area contributed by atoms with Crippen LogP contribution in [0, 0.1) is 18.3 Å². The molecule has 106 valence electrons. The van der Waals surface area contributed by atoms with Crippen LogP contribution in [0.4, 0.5) is 0 Å². The van der Waals surface area contributed by atoms with Crippen molar-refractivity contribution in [1.82, 2.24) is 0 Å². The Morgan fingerprint density at radius 3 is 2.42 bits per heavy atom. The minimum atomic E-state index is -0.329. The largest absolute Gasteiger partial charge is 0.392 e. The minimum absolute atomic E-state index is 0.0583. The zero-order chi connectivity index (χ0) is 14.0. The lowest BCUT2D eigenvalue weighted by molar-refractivity contribution is 0.0346. The molecule has 3 unspecified atom stereocenters.